The quantitative estimate of drug-likeness (QED) is 0.925. The lowest BCUT2D eigenvalue weighted by atomic mass is 9.88. The maximum absolute atomic E-state index is 13.1. The minimum Gasteiger partial charge on any atom is -0.355 e. The van der Waals surface area contributed by atoms with Gasteiger partial charge in [0.2, 0.25) is 11.8 Å². The fourth-order valence-electron chi connectivity index (χ4n) is 2.88. The van der Waals surface area contributed by atoms with Crippen molar-refractivity contribution in [3.8, 4) is 0 Å². The molecule has 1 fully saturated rings. The molecule has 1 heterocycles. The molecular formula is C17H23FN2O2. The summed E-state index contributed by atoms with van der Waals surface area (Å²) in [5.41, 5.74) is 1.41. The van der Waals surface area contributed by atoms with E-state index in [1.807, 2.05) is 13.8 Å². The monoisotopic (exact) mass is 306 g/mol. The Morgan fingerprint density at radius 2 is 2.14 bits per heavy atom. The number of carbonyl (C=O) groups excluding carboxylic acids is 2. The first kappa shape index (κ1) is 16.5. The zero-order valence-corrected chi connectivity index (χ0v) is 13.4. The number of likely N-dealkylation sites (tertiary alicyclic amines) is 1. The third-order valence-electron chi connectivity index (χ3n) is 4.45. The third-order valence-corrected chi connectivity index (χ3v) is 4.45. The lowest BCUT2D eigenvalue weighted by Crippen LogP contribution is -2.42. The summed E-state index contributed by atoms with van der Waals surface area (Å²) < 4.78 is 13.1. The fraction of sp³-hybridized carbons (Fsp3) is 0.529. The van der Waals surface area contributed by atoms with Crippen LogP contribution in [-0.4, -0.2) is 36.3 Å². The molecule has 1 saturated heterocycles. The number of rotatable bonds is 4. The van der Waals surface area contributed by atoms with E-state index in [0.717, 1.165) is 11.1 Å². The van der Waals surface area contributed by atoms with Gasteiger partial charge in [-0.05, 0) is 49.9 Å². The van der Waals surface area contributed by atoms with Crippen LogP contribution in [0.4, 0.5) is 4.39 Å². The van der Waals surface area contributed by atoms with Crippen LogP contribution in [0.1, 0.15) is 31.4 Å². The van der Waals surface area contributed by atoms with Crippen LogP contribution in [0.3, 0.4) is 0 Å². The number of nitrogens with one attached hydrogen (secondary N) is 1. The van der Waals surface area contributed by atoms with Gasteiger partial charge in [0.05, 0.1) is 5.41 Å². The number of hydrogen-bond acceptors (Lipinski definition) is 2. The SMILES string of the molecule is CC(=O)N1CCC(C)(C(=O)NCCc2ccc(F)cc2C)C1. The predicted molar refractivity (Wildman–Crippen MR) is 82.8 cm³/mol. The minimum absolute atomic E-state index is 0.0125. The summed E-state index contributed by atoms with van der Waals surface area (Å²) in [6, 6.07) is 4.69. The molecular weight excluding hydrogens is 283 g/mol. The van der Waals surface area contributed by atoms with E-state index >= 15 is 0 Å². The van der Waals surface area contributed by atoms with Crippen LogP contribution in [0.25, 0.3) is 0 Å². The molecule has 4 nitrogen and oxygen atoms in total. The van der Waals surface area contributed by atoms with Crippen molar-refractivity contribution in [1.29, 1.82) is 0 Å². The standard InChI is InChI=1S/C17H23FN2O2/c1-12-10-15(18)5-4-14(12)6-8-19-16(22)17(3)7-9-20(11-17)13(2)21/h4-5,10H,6-9,11H2,1-3H3,(H,19,22). The largest absolute Gasteiger partial charge is 0.355 e. The number of benzene rings is 1. The Morgan fingerprint density at radius 1 is 1.41 bits per heavy atom. The molecule has 1 aliphatic heterocycles. The van der Waals surface area contributed by atoms with Gasteiger partial charge in [-0.25, -0.2) is 4.39 Å². The molecule has 1 aromatic rings. The van der Waals surface area contributed by atoms with E-state index < -0.39 is 5.41 Å². The molecule has 2 rings (SSSR count). The van der Waals surface area contributed by atoms with E-state index in [-0.39, 0.29) is 17.6 Å². The highest BCUT2D eigenvalue weighted by Gasteiger charge is 2.40. The van der Waals surface area contributed by atoms with Gasteiger partial charge < -0.3 is 10.2 Å². The summed E-state index contributed by atoms with van der Waals surface area (Å²) in [7, 11) is 0. The number of aryl methyl sites for hydroxylation is 1. The number of halogens is 1. The average molecular weight is 306 g/mol. The summed E-state index contributed by atoms with van der Waals surface area (Å²) in [5, 5.41) is 2.94. The summed E-state index contributed by atoms with van der Waals surface area (Å²) >= 11 is 0. The van der Waals surface area contributed by atoms with Crippen molar-refractivity contribution >= 4 is 11.8 Å². The summed E-state index contributed by atoms with van der Waals surface area (Å²) in [6.45, 7) is 6.92. The molecule has 1 N–H and O–H groups in total. The highest BCUT2D eigenvalue weighted by molar-refractivity contribution is 5.84. The highest BCUT2D eigenvalue weighted by atomic mass is 19.1. The Labute approximate surface area is 130 Å². The Balaban J connectivity index is 1.86. The lowest BCUT2D eigenvalue weighted by molar-refractivity contribution is -0.131. The van der Waals surface area contributed by atoms with Crippen LogP contribution >= 0.6 is 0 Å². The topological polar surface area (TPSA) is 49.4 Å². The number of amides is 2. The Kier molecular flexibility index (Phi) is 4.84. The zero-order chi connectivity index (χ0) is 16.3. The third kappa shape index (κ3) is 3.64. The van der Waals surface area contributed by atoms with E-state index in [1.54, 1.807) is 11.0 Å². The molecule has 0 radical (unpaired) electrons. The minimum atomic E-state index is -0.510. The van der Waals surface area contributed by atoms with Gasteiger partial charge in [0.15, 0.2) is 0 Å². The van der Waals surface area contributed by atoms with Crippen LogP contribution in [0, 0.1) is 18.2 Å². The van der Waals surface area contributed by atoms with Crippen molar-refractivity contribution < 1.29 is 14.0 Å². The predicted octanol–water partition coefficient (Wildman–Crippen LogP) is 2.05. The summed E-state index contributed by atoms with van der Waals surface area (Å²) in [4.78, 5) is 25.5. The molecule has 0 saturated carbocycles. The molecule has 0 aliphatic carbocycles. The van der Waals surface area contributed by atoms with Crippen molar-refractivity contribution in [2.24, 2.45) is 5.41 Å². The van der Waals surface area contributed by atoms with Crippen LogP contribution in [0.15, 0.2) is 18.2 Å². The molecule has 2 amide bonds. The van der Waals surface area contributed by atoms with Crippen molar-refractivity contribution in [1.82, 2.24) is 10.2 Å². The first-order valence-corrected chi connectivity index (χ1v) is 7.61. The molecule has 1 aliphatic rings. The van der Waals surface area contributed by atoms with Gasteiger partial charge in [-0.2, -0.15) is 0 Å². The van der Waals surface area contributed by atoms with Crippen molar-refractivity contribution in [3.63, 3.8) is 0 Å². The normalized spacial score (nSPS) is 21.0. The summed E-state index contributed by atoms with van der Waals surface area (Å²) in [5.74, 6) is -0.248. The molecule has 120 valence electrons. The van der Waals surface area contributed by atoms with Gasteiger partial charge >= 0.3 is 0 Å². The second-order valence-electron chi connectivity index (χ2n) is 6.33. The van der Waals surface area contributed by atoms with Crippen LogP contribution in [0.5, 0.6) is 0 Å². The first-order valence-electron chi connectivity index (χ1n) is 7.61. The maximum atomic E-state index is 13.1. The van der Waals surface area contributed by atoms with E-state index in [2.05, 4.69) is 5.32 Å². The van der Waals surface area contributed by atoms with Gasteiger partial charge in [-0.1, -0.05) is 6.07 Å². The molecule has 0 bridgehead atoms. The number of carbonyl (C=O) groups is 2. The first-order chi connectivity index (χ1) is 10.3. The lowest BCUT2D eigenvalue weighted by Gasteiger charge is -2.23. The van der Waals surface area contributed by atoms with Gasteiger partial charge in [0, 0.05) is 26.6 Å². The fourth-order valence-corrected chi connectivity index (χ4v) is 2.88. The molecule has 22 heavy (non-hydrogen) atoms. The molecule has 1 aromatic carbocycles. The molecule has 1 atom stereocenters. The second kappa shape index (κ2) is 6.46. The van der Waals surface area contributed by atoms with Crippen LogP contribution in [-0.2, 0) is 16.0 Å². The smallest absolute Gasteiger partial charge is 0.227 e. The molecule has 5 heteroatoms. The summed E-state index contributed by atoms with van der Waals surface area (Å²) in [6.07, 6.45) is 1.36. The highest BCUT2D eigenvalue weighted by Crippen LogP contribution is 2.30. The van der Waals surface area contributed by atoms with E-state index in [1.165, 1.54) is 19.1 Å². The molecule has 1 unspecified atom stereocenters. The Morgan fingerprint density at radius 3 is 2.73 bits per heavy atom. The second-order valence-corrected chi connectivity index (χ2v) is 6.33. The van der Waals surface area contributed by atoms with E-state index in [4.69, 9.17) is 0 Å². The van der Waals surface area contributed by atoms with Crippen LogP contribution < -0.4 is 5.32 Å². The molecule has 0 spiro atoms. The van der Waals surface area contributed by atoms with Gasteiger partial charge in [0.1, 0.15) is 5.82 Å². The van der Waals surface area contributed by atoms with Gasteiger partial charge in [-0.3, -0.25) is 9.59 Å². The zero-order valence-electron chi connectivity index (χ0n) is 13.4. The van der Waals surface area contributed by atoms with Crippen molar-refractivity contribution in [3.05, 3.63) is 35.1 Å². The maximum Gasteiger partial charge on any atom is 0.227 e. The van der Waals surface area contributed by atoms with Gasteiger partial charge in [0.25, 0.3) is 0 Å². The van der Waals surface area contributed by atoms with Gasteiger partial charge in [-0.15, -0.1) is 0 Å². The Hall–Kier alpha value is -1.91. The Bertz CT molecular complexity index is 588. The van der Waals surface area contributed by atoms with Crippen molar-refractivity contribution in [2.75, 3.05) is 19.6 Å². The van der Waals surface area contributed by atoms with Crippen molar-refractivity contribution in [2.45, 2.75) is 33.6 Å². The number of hydrogen-bond donors (Lipinski definition) is 1. The molecule has 0 aromatic heterocycles. The number of nitrogens with zero attached hydrogens (tertiary/aromatic N) is 1. The van der Waals surface area contributed by atoms with E-state index in [9.17, 15) is 14.0 Å². The van der Waals surface area contributed by atoms with Crippen LogP contribution in [0.2, 0.25) is 0 Å². The average Bonchev–Trinajstić information content (AvgIpc) is 2.85. The van der Waals surface area contributed by atoms with E-state index in [0.29, 0.717) is 32.5 Å².